The van der Waals surface area contributed by atoms with Gasteiger partial charge in [0.25, 0.3) is 0 Å². The fraction of sp³-hybridized carbons (Fsp3) is 0.111. The predicted octanol–water partition coefficient (Wildman–Crippen LogP) is 3.66. The van der Waals surface area contributed by atoms with Gasteiger partial charge in [-0.2, -0.15) is 0 Å². The van der Waals surface area contributed by atoms with Crippen molar-refractivity contribution in [1.29, 1.82) is 0 Å². The molecule has 0 aliphatic carbocycles. The van der Waals surface area contributed by atoms with Crippen molar-refractivity contribution < 1.29 is 4.79 Å². The highest BCUT2D eigenvalue weighted by atomic mass is 16.1. The maximum Gasteiger partial charge on any atom is 0.193 e. The lowest BCUT2D eigenvalue weighted by Crippen LogP contribution is -2.03. The largest absolute Gasteiger partial charge is 0.398 e. The summed E-state index contributed by atoms with van der Waals surface area (Å²) in [5, 5.41) is 0.964. The average Bonchev–Trinajstić information content (AvgIpc) is 2.49. The maximum absolute atomic E-state index is 12.5. The molecule has 0 unspecified atom stereocenters. The first-order chi connectivity index (χ1) is 10.0. The van der Waals surface area contributed by atoms with Gasteiger partial charge in [-0.05, 0) is 49.7 Å². The first-order valence-electron chi connectivity index (χ1n) is 6.83. The van der Waals surface area contributed by atoms with E-state index in [2.05, 4.69) is 4.98 Å². The SMILES string of the molecule is Cc1ccc2cc(C(=O)c3ccc(C)c(N)c3)ccc2n1. The van der Waals surface area contributed by atoms with E-state index in [-0.39, 0.29) is 5.78 Å². The number of carbonyl (C=O) groups is 1. The van der Waals surface area contributed by atoms with Gasteiger partial charge in [-0.15, -0.1) is 0 Å². The number of pyridine rings is 1. The van der Waals surface area contributed by atoms with Gasteiger partial charge in [0.15, 0.2) is 5.78 Å². The number of carbonyl (C=O) groups excluding carboxylic acids is 1. The standard InChI is InChI=1S/C18H16N2O/c1-11-3-5-15(10-16(11)19)18(21)14-7-8-17-13(9-14)6-4-12(2)20-17/h3-10H,19H2,1-2H3. The molecular formula is C18H16N2O. The number of hydrogen-bond acceptors (Lipinski definition) is 3. The molecule has 0 spiro atoms. The summed E-state index contributed by atoms with van der Waals surface area (Å²) in [7, 11) is 0. The van der Waals surface area contributed by atoms with Crippen LogP contribution in [0.2, 0.25) is 0 Å². The van der Waals surface area contributed by atoms with Gasteiger partial charge in [0.1, 0.15) is 0 Å². The molecule has 0 bridgehead atoms. The Morgan fingerprint density at radius 3 is 2.43 bits per heavy atom. The number of benzene rings is 2. The van der Waals surface area contributed by atoms with E-state index in [0.29, 0.717) is 16.8 Å². The van der Waals surface area contributed by atoms with Crippen molar-refractivity contribution in [2.75, 3.05) is 5.73 Å². The normalized spacial score (nSPS) is 10.8. The Kier molecular flexibility index (Phi) is 3.18. The third kappa shape index (κ3) is 2.50. The molecule has 3 aromatic rings. The van der Waals surface area contributed by atoms with E-state index in [9.17, 15) is 4.79 Å². The molecule has 3 nitrogen and oxygen atoms in total. The van der Waals surface area contributed by atoms with Crippen LogP contribution in [-0.4, -0.2) is 10.8 Å². The fourth-order valence-electron chi connectivity index (χ4n) is 2.32. The lowest BCUT2D eigenvalue weighted by atomic mass is 10.00. The van der Waals surface area contributed by atoms with Crippen molar-refractivity contribution in [2.24, 2.45) is 0 Å². The van der Waals surface area contributed by atoms with Crippen LogP contribution in [0.4, 0.5) is 5.69 Å². The molecule has 0 aliphatic rings. The molecule has 1 aromatic heterocycles. The summed E-state index contributed by atoms with van der Waals surface area (Å²) >= 11 is 0. The summed E-state index contributed by atoms with van der Waals surface area (Å²) in [6, 6.07) is 14.9. The van der Waals surface area contributed by atoms with Crippen molar-refractivity contribution in [3.8, 4) is 0 Å². The van der Waals surface area contributed by atoms with Crippen LogP contribution in [0, 0.1) is 13.8 Å². The molecule has 21 heavy (non-hydrogen) atoms. The number of nitrogen functional groups attached to an aromatic ring is 1. The zero-order chi connectivity index (χ0) is 15.0. The number of anilines is 1. The van der Waals surface area contributed by atoms with Gasteiger partial charge in [-0.3, -0.25) is 9.78 Å². The number of aromatic nitrogens is 1. The van der Waals surface area contributed by atoms with Crippen molar-refractivity contribution in [1.82, 2.24) is 4.98 Å². The van der Waals surface area contributed by atoms with E-state index in [1.54, 1.807) is 6.07 Å². The number of nitrogens with two attached hydrogens (primary N) is 1. The molecule has 1 heterocycles. The number of hydrogen-bond donors (Lipinski definition) is 1. The molecule has 2 aromatic carbocycles. The van der Waals surface area contributed by atoms with Crippen LogP contribution in [0.25, 0.3) is 10.9 Å². The highest BCUT2D eigenvalue weighted by Gasteiger charge is 2.11. The van der Waals surface area contributed by atoms with Gasteiger partial charge < -0.3 is 5.73 Å². The van der Waals surface area contributed by atoms with E-state index in [4.69, 9.17) is 5.73 Å². The van der Waals surface area contributed by atoms with Crippen molar-refractivity contribution in [3.05, 3.63) is 70.9 Å². The average molecular weight is 276 g/mol. The molecule has 0 radical (unpaired) electrons. The van der Waals surface area contributed by atoms with E-state index in [0.717, 1.165) is 22.2 Å². The van der Waals surface area contributed by atoms with Gasteiger partial charge in [-0.25, -0.2) is 0 Å². The van der Waals surface area contributed by atoms with Crippen LogP contribution >= 0.6 is 0 Å². The molecular weight excluding hydrogens is 260 g/mol. The quantitative estimate of drug-likeness (QED) is 0.574. The fourth-order valence-corrected chi connectivity index (χ4v) is 2.32. The number of rotatable bonds is 2. The molecule has 0 atom stereocenters. The van der Waals surface area contributed by atoms with Crippen molar-refractivity contribution >= 4 is 22.4 Å². The lowest BCUT2D eigenvalue weighted by Gasteiger charge is -2.06. The minimum Gasteiger partial charge on any atom is -0.398 e. The van der Waals surface area contributed by atoms with Crippen LogP contribution in [-0.2, 0) is 0 Å². The Hall–Kier alpha value is -2.68. The monoisotopic (exact) mass is 276 g/mol. The molecule has 2 N–H and O–H groups in total. The van der Waals surface area contributed by atoms with E-state index < -0.39 is 0 Å². The Balaban J connectivity index is 2.04. The zero-order valence-electron chi connectivity index (χ0n) is 12.1. The zero-order valence-corrected chi connectivity index (χ0v) is 12.1. The number of aryl methyl sites for hydroxylation is 2. The number of fused-ring (bicyclic) bond motifs is 1. The van der Waals surface area contributed by atoms with E-state index >= 15 is 0 Å². The van der Waals surface area contributed by atoms with Gasteiger partial charge in [0.05, 0.1) is 5.52 Å². The van der Waals surface area contributed by atoms with Crippen LogP contribution in [0.15, 0.2) is 48.5 Å². The van der Waals surface area contributed by atoms with Gasteiger partial charge in [0.2, 0.25) is 0 Å². The Morgan fingerprint density at radius 1 is 0.952 bits per heavy atom. The van der Waals surface area contributed by atoms with Crippen molar-refractivity contribution in [2.45, 2.75) is 13.8 Å². The lowest BCUT2D eigenvalue weighted by molar-refractivity contribution is 0.103. The smallest absolute Gasteiger partial charge is 0.193 e. The highest BCUT2D eigenvalue weighted by molar-refractivity contribution is 6.10. The van der Waals surface area contributed by atoms with Crippen LogP contribution in [0.3, 0.4) is 0 Å². The van der Waals surface area contributed by atoms with Crippen LogP contribution < -0.4 is 5.73 Å². The summed E-state index contributed by atoms with van der Waals surface area (Å²) in [5.74, 6) is -0.0239. The summed E-state index contributed by atoms with van der Waals surface area (Å²) in [4.78, 5) is 17.0. The number of ketones is 1. The minimum absolute atomic E-state index is 0.0239. The third-order valence-electron chi connectivity index (χ3n) is 3.63. The highest BCUT2D eigenvalue weighted by Crippen LogP contribution is 2.20. The predicted molar refractivity (Wildman–Crippen MR) is 85.5 cm³/mol. The van der Waals surface area contributed by atoms with Crippen LogP contribution in [0.5, 0.6) is 0 Å². The molecule has 3 heteroatoms. The van der Waals surface area contributed by atoms with Gasteiger partial charge in [-0.1, -0.05) is 18.2 Å². The second-order valence-corrected chi connectivity index (χ2v) is 5.26. The summed E-state index contributed by atoms with van der Waals surface area (Å²) < 4.78 is 0. The molecule has 3 rings (SSSR count). The van der Waals surface area contributed by atoms with Crippen molar-refractivity contribution in [3.63, 3.8) is 0 Å². The summed E-state index contributed by atoms with van der Waals surface area (Å²) in [6.07, 6.45) is 0. The topological polar surface area (TPSA) is 56.0 Å². The molecule has 0 saturated heterocycles. The minimum atomic E-state index is -0.0239. The first kappa shape index (κ1) is 13.3. The maximum atomic E-state index is 12.5. The molecule has 104 valence electrons. The van der Waals surface area contributed by atoms with E-state index in [1.807, 2.05) is 56.3 Å². The second kappa shape index (κ2) is 5.02. The van der Waals surface area contributed by atoms with Gasteiger partial charge in [0, 0.05) is 27.9 Å². The Morgan fingerprint density at radius 2 is 1.67 bits per heavy atom. The first-order valence-corrected chi connectivity index (χ1v) is 6.83. The van der Waals surface area contributed by atoms with Gasteiger partial charge >= 0.3 is 0 Å². The second-order valence-electron chi connectivity index (χ2n) is 5.26. The summed E-state index contributed by atoms with van der Waals surface area (Å²) in [6.45, 7) is 3.88. The molecule has 0 amide bonds. The van der Waals surface area contributed by atoms with E-state index in [1.165, 1.54) is 0 Å². The number of nitrogens with zero attached hydrogens (tertiary/aromatic N) is 1. The third-order valence-corrected chi connectivity index (χ3v) is 3.63. The molecule has 0 aliphatic heterocycles. The summed E-state index contributed by atoms with van der Waals surface area (Å²) in [5.41, 5.74) is 10.6. The molecule has 0 saturated carbocycles. The Labute approximate surface area is 123 Å². The molecule has 0 fully saturated rings. The van der Waals surface area contributed by atoms with Crippen LogP contribution in [0.1, 0.15) is 27.2 Å². The Bertz CT molecular complexity index is 853.